The summed E-state index contributed by atoms with van der Waals surface area (Å²) in [5, 5.41) is 21.8. The average Bonchev–Trinajstić information content (AvgIpc) is 2.90. The van der Waals surface area contributed by atoms with Crippen molar-refractivity contribution in [3.8, 4) is 34.3 Å². The number of phenolic OH excluding ortho intramolecular Hbond substituents is 2. The number of fused-ring (bicyclic) bond motifs is 4. The number of rotatable bonds is 3. The number of ether oxygens (including phenoxy) is 2. The number of hydrogen-bond acceptors (Lipinski definition) is 8. The highest BCUT2D eigenvalue weighted by atomic mass is 16.5. The molecule has 1 aliphatic rings. The molecule has 2 aromatic heterocycles. The fourth-order valence-corrected chi connectivity index (χ4v) is 4.81. The minimum atomic E-state index is -0.946. The van der Waals surface area contributed by atoms with Gasteiger partial charge < -0.3 is 29.1 Å². The van der Waals surface area contributed by atoms with Crippen molar-refractivity contribution in [1.82, 2.24) is 4.98 Å². The van der Waals surface area contributed by atoms with Gasteiger partial charge in [-0.2, -0.15) is 0 Å². The van der Waals surface area contributed by atoms with Crippen LogP contribution in [0.2, 0.25) is 0 Å². The summed E-state index contributed by atoms with van der Waals surface area (Å²) in [5.41, 5.74) is 0.311. The number of carbonyl (C=O) groups excluding carboxylic acids is 1. The Kier molecular flexibility index (Phi) is 5.01. The van der Waals surface area contributed by atoms with E-state index in [1.807, 2.05) is 6.07 Å². The summed E-state index contributed by atoms with van der Waals surface area (Å²) >= 11 is 0. The van der Waals surface area contributed by atoms with E-state index in [2.05, 4.69) is 4.98 Å². The van der Waals surface area contributed by atoms with E-state index in [0.717, 1.165) is 0 Å². The maximum atomic E-state index is 13.2. The molecule has 9 heteroatoms. The molecule has 9 nitrogen and oxygen atoms in total. The molecule has 184 valence electrons. The van der Waals surface area contributed by atoms with E-state index >= 15 is 0 Å². The van der Waals surface area contributed by atoms with Crippen LogP contribution in [-0.2, 0) is 4.79 Å². The summed E-state index contributed by atoms with van der Waals surface area (Å²) in [5.74, 6) is -2.80. The molecule has 6 rings (SSSR count). The molecule has 1 aliphatic heterocycles. The van der Waals surface area contributed by atoms with Crippen molar-refractivity contribution in [2.75, 3.05) is 7.11 Å². The van der Waals surface area contributed by atoms with Crippen molar-refractivity contribution >= 4 is 27.8 Å². The Hall–Kier alpha value is -5.05. The minimum Gasteiger partial charge on any atom is -0.504 e. The van der Waals surface area contributed by atoms with Gasteiger partial charge in [0.15, 0.2) is 16.9 Å². The van der Waals surface area contributed by atoms with Gasteiger partial charge in [-0.05, 0) is 24.3 Å². The highest BCUT2D eigenvalue weighted by Crippen LogP contribution is 2.51. The molecule has 0 unspecified atom stereocenters. The standard InChI is InChI=1S/C28H19NO8/c1-35-15-7-8-18-14(9-15)10-17(28(34)29-18)16-11-21(31)37-27-22(16)26-23(24(32)25(27)33)19(30)12-20(36-26)13-5-3-2-4-6-13/h2-10,12,16,32-33H,11H2,1H3,(H,29,34)/t16-/m0/s1. The first-order chi connectivity index (χ1) is 17.9. The number of H-pyrrole nitrogens is 1. The third-order valence-electron chi connectivity index (χ3n) is 6.56. The molecule has 0 amide bonds. The molecule has 5 aromatic rings. The van der Waals surface area contributed by atoms with E-state index in [0.29, 0.717) is 22.2 Å². The molecule has 0 saturated carbocycles. The largest absolute Gasteiger partial charge is 0.504 e. The summed E-state index contributed by atoms with van der Waals surface area (Å²) in [6.07, 6.45) is -0.260. The van der Waals surface area contributed by atoms with E-state index in [1.165, 1.54) is 13.2 Å². The fourth-order valence-electron chi connectivity index (χ4n) is 4.81. The summed E-state index contributed by atoms with van der Waals surface area (Å²) in [6.45, 7) is 0. The second kappa shape index (κ2) is 8.27. The van der Waals surface area contributed by atoms with E-state index in [4.69, 9.17) is 13.9 Å². The van der Waals surface area contributed by atoms with Crippen LogP contribution in [0.15, 0.2) is 74.7 Å². The molecule has 37 heavy (non-hydrogen) atoms. The first-order valence-corrected chi connectivity index (χ1v) is 11.4. The number of hydrogen-bond donors (Lipinski definition) is 3. The summed E-state index contributed by atoms with van der Waals surface area (Å²) in [4.78, 5) is 41.7. The lowest BCUT2D eigenvalue weighted by Crippen LogP contribution is -2.26. The summed E-state index contributed by atoms with van der Waals surface area (Å²) in [6, 6.07) is 16.8. The predicted molar refractivity (Wildman–Crippen MR) is 134 cm³/mol. The number of benzene rings is 3. The molecule has 1 atom stereocenters. The van der Waals surface area contributed by atoms with Crippen LogP contribution in [0.1, 0.15) is 23.5 Å². The van der Waals surface area contributed by atoms with Gasteiger partial charge in [-0.25, -0.2) is 0 Å². The Morgan fingerprint density at radius 2 is 1.76 bits per heavy atom. The lowest BCUT2D eigenvalue weighted by atomic mass is 9.84. The Morgan fingerprint density at radius 1 is 0.973 bits per heavy atom. The van der Waals surface area contributed by atoms with Gasteiger partial charge in [0, 0.05) is 34.0 Å². The smallest absolute Gasteiger partial charge is 0.312 e. The quantitative estimate of drug-likeness (QED) is 0.192. The zero-order valence-electron chi connectivity index (χ0n) is 19.4. The second-order valence-corrected chi connectivity index (χ2v) is 8.72. The molecule has 3 heterocycles. The number of nitrogens with one attached hydrogen (secondary N) is 1. The van der Waals surface area contributed by atoms with Gasteiger partial charge in [0.2, 0.25) is 5.75 Å². The Morgan fingerprint density at radius 3 is 2.51 bits per heavy atom. The van der Waals surface area contributed by atoms with Crippen molar-refractivity contribution in [3.63, 3.8) is 0 Å². The fraction of sp³-hybridized carbons (Fsp3) is 0.107. The van der Waals surface area contributed by atoms with Gasteiger partial charge in [0.05, 0.1) is 19.1 Å². The van der Waals surface area contributed by atoms with Crippen LogP contribution in [0.25, 0.3) is 33.2 Å². The van der Waals surface area contributed by atoms with Crippen LogP contribution in [-0.4, -0.2) is 28.3 Å². The van der Waals surface area contributed by atoms with Crippen LogP contribution in [0.5, 0.6) is 23.0 Å². The molecular weight excluding hydrogens is 478 g/mol. The third kappa shape index (κ3) is 3.51. The number of aromatic nitrogens is 1. The van der Waals surface area contributed by atoms with Crippen LogP contribution in [0.3, 0.4) is 0 Å². The number of carbonyl (C=O) groups is 1. The van der Waals surface area contributed by atoms with Gasteiger partial charge in [-0.1, -0.05) is 30.3 Å². The number of phenols is 2. The molecule has 0 fully saturated rings. The van der Waals surface area contributed by atoms with Gasteiger partial charge >= 0.3 is 5.97 Å². The van der Waals surface area contributed by atoms with Crippen LogP contribution in [0, 0.1) is 0 Å². The molecule has 0 aliphatic carbocycles. The first-order valence-electron chi connectivity index (χ1n) is 11.4. The molecular formula is C28H19NO8. The Labute approximate surface area is 208 Å². The Bertz CT molecular complexity index is 1850. The van der Waals surface area contributed by atoms with Crippen molar-refractivity contribution in [2.24, 2.45) is 0 Å². The predicted octanol–water partition coefficient (Wildman–Crippen LogP) is 4.16. The zero-order valence-corrected chi connectivity index (χ0v) is 19.4. The van der Waals surface area contributed by atoms with E-state index in [-0.39, 0.29) is 40.0 Å². The molecule has 3 aromatic carbocycles. The SMILES string of the molecule is COc1ccc2[nH]c(=O)c([C@@H]3CC(=O)Oc4c(O)c(O)c5c(=O)cc(-c6ccccc6)oc5c43)cc2c1. The monoisotopic (exact) mass is 497 g/mol. The maximum absolute atomic E-state index is 13.2. The second-order valence-electron chi connectivity index (χ2n) is 8.72. The van der Waals surface area contributed by atoms with E-state index in [9.17, 15) is 24.6 Å². The topological polar surface area (TPSA) is 139 Å². The average molecular weight is 497 g/mol. The van der Waals surface area contributed by atoms with Crippen molar-refractivity contribution < 1.29 is 28.9 Å². The van der Waals surface area contributed by atoms with Gasteiger partial charge in [-0.15, -0.1) is 0 Å². The van der Waals surface area contributed by atoms with Crippen molar-refractivity contribution in [3.05, 3.63) is 92.4 Å². The minimum absolute atomic E-state index is 0.0840. The number of aromatic amines is 1. The van der Waals surface area contributed by atoms with Crippen molar-refractivity contribution in [2.45, 2.75) is 12.3 Å². The first kappa shape index (κ1) is 22.4. The molecule has 0 bridgehead atoms. The van der Waals surface area contributed by atoms with Gasteiger partial charge in [0.25, 0.3) is 5.56 Å². The van der Waals surface area contributed by atoms with Crippen LogP contribution >= 0.6 is 0 Å². The van der Waals surface area contributed by atoms with Crippen LogP contribution in [0.4, 0.5) is 0 Å². The number of aromatic hydroxyl groups is 2. The Balaban J connectivity index is 1.69. The summed E-state index contributed by atoms with van der Waals surface area (Å²) in [7, 11) is 1.52. The molecule has 3 N–H and O–H groups in total. The number of pyridine rings is 1. The third-order valence-corrected chi connectivity index (χ3v) is 6.56. The van der Waals surface area contributed by atoms with Gasteiger partial charge in [0.1, 0.15) is 22.5 Å². The van der Waals surface area contributed by atoms with Gasteiger partial charge in [-0.3, -0.25) is 14.4 Å². The van der Waals surface area contributed by atoms with Crippen molar-refractivity contribution in [1.29, 1.82) is 0 Å². The lowest BCUT2D eigenvalue weighted by Gasteiger charge is -2.26. The highest BCUT2D eigenvalue weighted by Gasteiger charge is 2.38. The van der Waals surface area contributed by atoms with E-state index in [1.54, 1.807) is 48.5 Å². The molecule has 0 radical (unpaired) electrons. The zero-order chi connectivity index (χ0) is 25.8. The number of esters is 1. The van der Waals surface area contributed by atoms with Crippen LogP contribution < -0.4 is 20.5 Å². The van der Waals surface area contributed by atoms with E-state index < -0.39 is 34.4 Å². The maximum Gasteiger partial charge on any atom is 0.312 e. The lowest BCUT2D eigenvalue weighted by molar-refractivity contribution is -0.135. The molecule has 0 spiro atoms. The normalized spacial score (nSPS) is 14.9. The molecule has 0 saturated heterocycles. The highest BCUT2D eigenvalue weighted by molar-refractivity contribution is 5.96. The summed E-state index contributed by atoms with van der Waals surface area (Å²) < 4.78 is 16.7. The number of methoxy groups -OCH3 is 1.